The molecule has 0 heterocycles. The zero-order valence-electron chi connectivity index (χ0n) is 6.32. The largest absolute Gasteiger partial charge is 0.0594 e. The SMILES string of the molecule is CC1(C2CCCC2)CC1. The summed E-state index contributed by atoms with van der Waals surface area (Å²) in [6, 6.07) is 0. The summed E-state index contributed by atoms with van der Waals surface area (Å²) < 4.78 is 0. The summed E-state index contributed by atoms with van der Waals surface area (Å²) in [5.41, 5.74) is 0.830. The van der Waals surface area contributed by atoms with Gasteiger partial charge in [0.1, 0.15) is 0 Å². The average Bonchev–Trinajstić information content (AvgIpc) is 2.46. The molecule has 0 heteroatoms. The van der Waals surface area contributed by atoms with Crippen LogP contribution in [0.25, 0.3) is 0 Å². The van der Waals surface area contributed by atoms with Crippen LogP contribution in [-0.2, 0) is 0 Å². The third kappa shape index (κ3) is 0.889. The Morgan fingerprint density at radius 2 is 1.67 bits per heavy atom. The van der Waals surface area contributed by atoms with Crippen molar-refractivity contribution < 1.29 is 0 Å². The zero-order chi connectivity index (χ0) is 6.32. The molecule has 2 saturated carbocycles. The Morgan fingerprint density at radius 3 is 2.11 bits per heavy atom. The van der Waals surface area contributed by atoms with Crippen molar-refractivity contribution in [1.29, 1.82) is 0 Å². The van der Waals surface area contributed by atoms with Crippen LogP contribution in [-0.4, -0.2) is 0 Å². The minimum Gasteiger partial charge on any atom is -0.0594 e. The molecule has 2 aliphatic carbocycles. The lowest BCUT2D eigenvalue weighted by atomic mass is 9.90. The Balaban J connectivity index is 1.97. The first kappa shape index (κ1) is 5.76. The number of hydrogen-bond donors (Lipinski definition) is 0. The van der Waals surface area contributed by atoms with Crippen molar-refractivity contribution in [1.82, 2.24) is 0 Å². The van der Waals surface area contributed by atoms with Crippen LogP contribution in [0.2, 0.25) is 0 Å². The summed E-state index contributed by atoms with van der Waals surface area (Å²) in [5, 5.41) is 0. The van der Waals surface area contributed by atoms with E-state index in [1.807, 2.05) is 0 Å². The fourth-order valence-electron chi connectivity index (χ4n) is 2.23. The van der Waals surface area contributed by atoms with Crippen molar-refractivity contribution in [2.75, 3.05) is 0 Å². The van der Waals surface area contributed by atoms with E-state index in [0.717, 1.165) is 11.3 Å². The highest BCUT2D eigenvalue weighted by molar-refractivity contribution is 4.95. The van der Waals surface area contributed by atoms with Crippen LogP contribution < -0.4 is 0 Å². The Hall–Kier alpha value is 0. The summed E-state index contributed by atoms with van der Waals surface area (Å²) in [4.78, 5) is 0. The Morgan fingerprint density at radius 1 is 1.11 bits per heavy atom. The van der Waals surface area contributed by atoms with Crippen molar-refractivity contribution in [3.8, 4) is 0 Å². The van der Waals surface area contributed by atoms with Gasteiger partial charge < -0.3 is 0 Å². The van der Waals surface area contributed by atoms with Crippen molar-refractivity contribution in [3.63, 3.8) is 0 Å². The lowest BCUT2D eigenvalue weighted by Crippen LogP contribution is -2.06. The van der Waals surface area contributed by atoms with Crippen LogP contribution in [0, 0.1) is 11.3 Å². The maximum Gasteiger partial charge on any atom is -0.0297 e. The van der Waals surface area contributed by atoms with Crippen LogP contribution >= 0.6 is 0 Å². The van der Waals surface area contributed by atoms with Crippen LogP contribution in [0.15, 0.2) is 0 Å². The number of rotatable bonds is 1. The van der Waals surface area contributed by atoms with Gasteiger partial charge in [0.05, 0.1) is 0 Å². The second-order valence-electron chi connectivity index (χ2n) is 4.14. The van der Waals surface area contributed by atoms with E-state index in [1.54, 1.807) is 0 Å². The van der Waals surface area contributed by atoms with Gasteiger partial charge in [0.25, 0.3) is 0 Å². The third-order valence-electron chi connectivity index (χ3n) is 3.38. The standard InChI is InChI=1S/C9H16/c1-9(6-7-9)8-4-2-3-5-8/h8H,2-7H2,1H3. The third-order valence-corrected chi connectivity index (χ3v) is 3.38. The molecule has 0 N–H and O–H groups in total. The zero-order valence-corrected chi connectivity index (χ0v) is 6.32. The van der Waals surface area contributed by atoms with Crippen molar-refractivity contribution in [2.45, 2.75) is 45.4 Å². The van der Waals surface area contributed by atoms with E-state index in [2.05, 4.69) is 6.92 Å². The van der Waals surface area contributed by atoms with Crippen LogP contribution in [0.1, 0.15) is 45.4 Å². The highest BCUT2D eigenvalue weighted by atomic mass is 14.5. The van der Waals surface area contributed by atoms with Crippen LogP contribution in [0.4, 0.5) is 0 Å². The summed E-state index contributed by atoms with van der Waals surface area (Å²) in [6.45, 7) is 2.48. The molecule has 0 aromatic carbocycles. The smallest absolute Gasteiger partial charge is 0.0297 e. The molecule has 0 bridgehead atoms. The van der Waals surface area contributed by atoms with Crippen LogP contribution in [0.5, 0.6) is 0 Å². The average molecular weight is 124 g/mol. The molecule has 2 fully saturated rings. The van der Waals surface area contributed by atoms with E-state index in [0.29, 0.717) is 0 Å². The molecule has 9 heavy (non-hydrogen) atoms. The Labute approximate surface area is 57.6 Å². The molecular formula is C9H16. The molecule has 0 saturated heterocycles. The van der Waals surface area contributed by atoms with E-state index in [-0.39, 0.29) is 0 Å². The predicted molar refractivity (Wildman–Crippen MR) is 39.3 cm³/mol. The van der Waals surface area contributed by atoms with Gasteiger partial charge in [0, 0.05) is 0 Å². The summed E-state index contributed by atoms with van der Waals surface area (Å²) >= 11 is 0. The van der Waals surface area contributed by atoms with Gasteiger partial charge in [0.15, 0.2) is 0 Å². The highest BCUT2D eigenvalue weighted by Crippen LogP contribution is 2.56. The van der Waals surface area contributed by atoms with Crippen molar-refractivity contribution in [2.24, 2.45) is 11.3 Å². The topological polar surface area (TPSA) is 0 Å². The van der Waals surface area contributed by atoms with Crippen molar-refractivity contribution >= 4 is 0 Å². The molecule has 0 nitrogen and oxygen atoms in total. The van der Waals surface area contributed by atoms with Gasteiger partial charge in [-0.15, -0.1) is 0 Å². The predicted octanol–water partition coefficient (Wildman–Crippen LogP) is 2.98. The normalized spacial score (nSPS) is 33.0. The molecule has 0 aliphatic heterocycles. The molecule has 0 radical (unpaired) electrons. The van der Waals surface area contributed by atoms with Gasteiger partial charge in [0.2, 0.25) is 0 Å². The summed E-state index contributed by atoms with van der Waals surface area (Å²) in [6.07, 6.45) is 9.16. The molecule has 2 aliphatic rings. The van der Waals surface area contributed by atoms with Gasteiger partial charge in [-0.05, 0) is 37.0 Å². The summed E-state index contributed by atoms with van der Waals surface area (Å²) in [5.74, 6) is 1.12. The molecule has 0 aromatic heterocycles. The molecule has 0 aromatic rings. The first-order valence-electron chi connectivity index (χ1n) is 4.31. The van der Waals surface area contributed by atoms with E-state index < -0.39 is 0 Å². The van der Waals surface area contributed by atoms with Gasteiger partial charge in [-0.1, -0.05) is 19.8 Å². The first-order chi connectivity index (χ1) is 4.31. The maximum absolute atomic E-state index is 2.48. The van der Waals surface area contributed by atoms with Gasteiger partial charge in [-0.3, -0.25) is 0 Å². The maximum atomic E-state index is 2.48. The molecular weight excluding hydrogens is 108 g/mol. The minimum absolute atomic E-state index is 0.830. The van der Waals surface area contributed by atoms with Gasteiger partial charge in [-0.25, -0.2) is 0 Å². The van der Waals surface area contributed by atoms with E-state index in [9.17, 15) is 0 Å². The Kier molecular flexibility index (Phi) is 1.12. The van der Waals surface area contributed by atoms with E-state index >= 15 is 0 Å². The van der Waals surface area contributed by atoms with E-state index in [1.165, 1.54) is 38.5 Å². The number of hydrogen-bond acceptors (Lipinski definition) is 0. The second kappa shape index (κ2) is 1.74. The monoisotopic (exact) mass is 124 g/mol. The molecule has 52 valence electrons. The fraction of sp³-hybridized carbons (Fsp3) is 1.00. The second-order valence-corrected chi connectivity index (χ2v) is 4.14. The van der Waals surface area contributed by atoms with E-state index in [4.69, 9.17) is 0 Å². The van der Waals surface area contributed by atoms with Gasteiger partial charge >= 0.3 is 0 Å². The molecule has 0 atom stereocenters. The van der Waals surface area contributed by atoms with Crippen molar-refractivity contribution in [3.05, 3.63) is 0 Å². The molecule has 0 spiro atoms. The van der Waals surface area contributed by atoms with Gasteiger partial charge in [-0.2, -0.15) is 0 Å². The highest BCUT2D eigenvalue weighted by Gasteiger charge is 2.44. The Bertz CT molecular complexity index is 105. The summed E-state index contributed by atoms with van der Waals surface area (Å²) in [7, 11) is 0. The molecule has 0 amide bonds. The fourth-order valence-corrected chi connectivity index (χ4v) is 2.23. The minimum atomic E-state index is 0.830. The lowest BCUT2D eigenvalue weighted by Gasteiger charge is -2.15. The molecule has 2 rings (SSSR count). The first-order valence-corrected chi connectivity index (χ1v) is 4.31. The van der Waals surface area contributed by atoms with Crippen LogP contribution in [0.3, 0.4) is 0 Å². The lowest BCUT2D eigenvalue weighted by molar-refractivity contribution is 0.344. The quantitative estimate of drug-likeness (QED) is 0.504. The molecule has 0 unspecified atom stereocenters.